The van der Waals surface area contributed by atoms with Crippen LogP contribution in [0.25, 0.3) is 0 Å². The molecule has 3 rings (SSSR count). The molecule has 2 fully saturated rings. The van der Waals surface area contributed by atoms with Crippen molar-refractivity contribution in [2.45, 2.75) is 35.0 Å². The van der Waals surface area contributed by atoms with Crippen LogP contribution in [0.15, 0.2) is 11.1 Å². The van der Waals surface area contributed by atoms with Gasteiger partial charge in [0.15, 0.2) is 0 Å². The Morgan fingerprint density at radius 1 is 1.52 bits per heavy atom. The summed E-state index contributed by atoms with van der Waals surface area (Å²) in [6, 6.07) is 0. The van der Waals surface area contributed by atoms with Gasteiger partial charge in [0, 0.05) is 23.6 Å². The van der Waals surface area contributed by atoms with E-state index in [1.165, 1.54) is 4.91 Å². The molecule has 0 spiro atoms. The first-order valence-corrected chi connectivity index (χ1v) is 10.1. The SMILES string of the molecule is CC(OC(=O)OCC(Cl)(Cl)Cl)[C@H]1C(=O)N2C=C(C3CCCNC3)S[C@H]12. The molecule has 0 saturated carbocycles. The Labute approximate surface area is 165 Å². The van der Waals surface area contributed by atoms with E-state index in [0.29, 0.717) is 5.92 Å². The lowest BCUT2D eigenvalue weighted by atomic mass is 9.93. The van der Waals surface area contributed by atoms with Crippen LogP contribution in [0.1, 0.15) is 19.8 Å². The van der Waals surface area contributed by atoms with Crippen molar-refractivity contribution in [1.29, 1.82) is 0 Å². The lowest BCUT2D eigenvalue weighted by Gasteiger charge is -2.43. The summed E-state index contributed by atoms with van der Waals surface area (Å²) in [6.07, 6.45) is 2.65. The van der Waals surface area contributed by atoms with E-state index in [9.17, 15) is 9.59 Å². The second-order valence-corrected chi connectivity index (χ2v) is 10.0. The molecule has 3 aliphatic rings. The van der Waals surface area contributed by atoms with Crippen LogP contribution < -0.4 is 5.32 Å². The topological polar surface area (TPSA) is 67.9 Å². The first kappa shape index (κ1) is 19.4. The number of halogens is 3. The highest BCUT2D eigenvalue weighted by molar-refractivity contribution is 8.04. The summed E-state index contributed by atoms with van der Waals surface area (Å²) in [5, 5.41) is 3.36. The van der Waals surface area contributed by atoms with E-state index in [1.54, 1.807) is 23.6 Å². The van der Waals surface area contributed by atoms with E-state index < -0.39 is 28.6 Å². The van der Waals surface area contributed by atoms with Gasteiger partial charge in [0.25, 0.3) is 0 Å². The molecule has 3 aliphatic heterocycles. The predicted molar refractivity (Wildman–Crippen MR) is 97.6 cm³/mol. The molecule has 2 unspecified atom stereocenters. The fraction of sp³-hybridized carbons (Fsp3) is 0.733. The maximum Gasteiger partial charge on any atom is 0.508 e. The third-order valence-electron chi connectivity index (χ3n) is 4.48. The average molecular weight is 430 g/mol. The van der Waals surface area contributed by atoms with Gasteiger partial charge < -0.3 is 19.7 Å². The van der Waals surface area contributed by atoms with Gasteiger partial charge in [-0.05, 0) is 26.3 Å². The number of piperidine rings is 1. The molecule has 25 heavy (non-hydrogen) atoms. The number of thioether (sulfide) groups is 1. The summed E-state index contributed by atoms with van der Waals surface area (Å²) in [7, 11) is 0. The number of carbonyl (C=O) groups excluding carboxylic acids is 2. The Morgan fingerprint density at radius 3 is 2.92 bits per heavy atom. The van der Waals surface area contributed by atoms with Crippen LogP contribution in [0.5, 0.6) is 0 Å². The first-order chi connectivity index (χ1) is 11.8. The summed E-state index contributed by atoms with van der Waals surface area (Å²) >= 11 is 18.3. The van der Waals surface area contributed by atoms with Gasteiger partial charge in [-0.1, -0.05) is 34.8 Å². The Bertz CT molecular complexity index is 578. The number of rotatable bonds is 4. The molecule has 10 heteroatoms. The van der Waals surface area contributed by atoms with Crippen molar-refractivity contribution in [1.82, 2.24) is 10.2 Å². The molecule has 1 amide bonds. The number of alkyl halides is 3. The van der Waals surface area contributed by atoms with Gasteiger partial charge in [0.05, 0.1) is 0 Å². The van der Waals surface area contributed by atoms with E-state index in [-0.39, 0.29) is 11.3 Å². The maximum absolute atomic E-state index is 12.4. The number of nitrogens with one attached hydrogen (secondary N) is 1. The van der Waals surface area contributed by atoms with Gasteiger partial charge in [-0.25, -0.2) is 4.79 Å². The highest BCUT2D eigenvalue weighted by atomic mass is 35.6. The summed E-state index contributed by atoms with van der Waals surface area (Å²) in [6.45, 7) is 3.25. The van der Waals surface area contributed by atoms with Crippen molar-refractivity contribution in [2.75, 3.05) is 19.7 Å². The number of nitrogens with zero attached hydrogens (tertiary/aromatic N) is 1. The van der Waals surface area contributed by atoms with E-state index >= 15 is 0 Å². The van der Waals surface area contributed by atoms with Crippen LogP contribution in [0, 0.1) is 11.8 Å². The van der Waals surface area contributed by atoms with E-state index in [1.807, 2.05) is 6.20 Å². The fourth-order valence-electron chi connectivity index (χ4n) is 3.21. The second kappa shape index (κ2) is 7.72. The molecule has 1 N–H and O–H groups in total. The van der Waals surface area contributed by atoms with Gasteiger partial charge in [0.1, 0.15) is 24.0 Å². The molecule has 3 heterocycles. The Kier molecular flexibility index (Phi) is 6.00. The van der Waals surface area contributed by atoms with Crippen LogP contribution in [0.3, 0.4) is 0 Å². The third kappa shape index (κ3) is 4.50. The van der Waals surface area contributed by atoms with Crippen LogP contribution in [-0.4, -0.2) is 51.9 Å². The number of carbonyl (C=O) groups is 2. The molecule has 0 aromatic rings. The lowest BCUT2D eigenvalue weighted by Crippen LogP contribution is -2.59. The van der Waals surface area contributed by atoms with Crippen molar-refractivity contribution in [3.63, 3.8) is 0 Å². The smallest absolute Gasteiger partial charge is 0.430 e. The van der Waals surface area contributed by atoms with Crippen molar-refractivity contribution in [2.24, 2.45) is 11.8 Å². The number of β-lactam (4-membered cyclic amide) rings is 1. The molecule has 0 aromatic heterocycles. The Morgan fingerprint density at radius 2 is 2.28 bits per heavy atom. The normalized spacial score (nSPS) is 30.2. The summed E-state index contributed by atoms with van der Waals surface area (Å²) in [5.41, 5.74) is 0. The van der Waals surface area contributed by atoms with Gasteiger partial charge in [-0.3, -0.25) is 4.79 Å². The van der Waals surface area contributed by atoms with Crippen LogP contribution in [0.4, 0.5) is 4.79 Å². The monoisotopic (exact) mass is 428 g/mol. The summed E-state index contributed by atoms with van der Waals surface area (Å²) in [4.78, 5) is 27.0. The minimum atomic E-state index is -1.69. The lowest BCUT2D eigenvalue weighted by molar-refractivity contribution is -0.152. The molecule has 4 atom stereocenters. The maximum atomic E-state index is 12.4. The summed E-state index contributed by atoms with van der Waals surface area (Å²) < 4.78 is 8.23. The van der Waals surface area contributed by atoms with E-state index in [0.717, 1.165) is 25.9 Å². The predicted octanol–water partition coefficient (Wildman–Crippen LogP) is 3.27. The van der Waals surface area contributed by atoms with Gasteiger partial charge in [-0.2, -0.15) is 0 Å². The Balaban J connectivity index is 1.51. The van der Waals surface area contributed by atoms with E-state index in [2.05, 4.69) is 5.32 Å². The zero-order valence-electron chi connectivity index (χ0n) is 13.5. The number of fused-ring (bicyclic) bond motifs is 1. The average Bonchev–Trinajstić information content (AvgIpc) is 2.93. The van der Waals surface area contributed by atoms with Gasteiger partial charge in [-0.15, -0.1) is 11.8 Å². The number of hydrogen-bond acceptors (Lipinski definition) is 6. The van der Waals surface area contributed by atoms with Crippen LogP contribution in [0.2, 0.25) is 0 Å². The van der Waals surface area contributed by atoms with Crippen LogP contribution >= 0.6 is 46.6 Å². The zero-order chi connectivity index (χ0) is 18.2. The van der Waals surface area contributed by atoms with Crippen molar-refractivity contribution < 1.29 is 19.1 Å². The minimum Gasteiger partial charge on any atom is -0.430 e. The van der Waals surface area contributed by atoms with Crippen molar-refractivity contribution in [3.8, 4) is 0 Å². The molecule has 2 saturated heterocycles. The molecular weight excluding hydrogens is 411 g/mol. The first-order valence-electron chi connectivity index (χ1n) is 8.07. The van der Waals surface area contributed by atoms with Crippen molar-refractivity contribution in [3.05, 3.63) is 11.1 Å². The highest BCUT2D eigenvalue weighted by Crippen LogP contribution is 2.49. The van der Waals surface area contributed by atoms with Crippen molar-refractivity contribution >= 4 is 58.6 Å². The zero-order valence-corrected chi connectivity index (χ0v) is 16.6. The summed E-state index contributed by atoms with van der Waals surface area (Å²) in [5.74, 6) is 0.0110. The number of hydrogen-bond donors (Lipinski definition) is 1. The second-order valence-electron chi connectivity index (χ2n) is 6.33. The van der Waals surface area contributed by atoms with E-state index in [4.69, 9.17) is 44.3 Å². The molecule has 0 bridgehead atoms. The molecule has 0 aromatic carbocycles. The van der Waals surface area contributed by atoms with Gasteiger partial charge in [0.2, 0.25) is 9.70 Å². The molecular formula is C15H19Cl3N2O4S. The number of ether oxygens (including phenoxy) is 2. The molecule has 0 radical (unpaired) electrons. The highest BCUT2D eigenvalue weighted by Gasteiger charge is 2.54. The molecule has 0 aliphatic carbocycles. The Hall–Kier alpha value is -0.340. The largest absolute Gasteiger partial charge is 0.508 e. The fourth-order valence-corrected chi connectivity index (χ4v) is 4.99. The molecule has 140 valence electrons. The minimum absolute atomic E-state index is 0.0274. The quantitative estimate of drug-likeness (QED) is 0.420. The standard InChI is InChI=1S/C15H19Cl3N2O4S/c1-8(24-14(22)23-7-15(16,17)18)11-12(21)20-6-10(25-13(11)20)9-3-2-4-19-5-9/h6,8-9,11,13,19H,2-5,7H2,1H3/t8?,9?,11-,13+/m0/s1. The molecule has 6 nitrogen and oxygen atoms in total. The number of amides is 1. The van der Waals surface area contributed by atoms with Crippen LogP contribution in [-0.2, 0) is 14.3 Å². The third-order valence-corrected chi connectivity index (χ3v) is 6.29. The van der Waals surface area contributed by atoms with Gasteiger partial charge >= 0.3 is 6.16 Å².